The molecule has 0 amide bonds. The highest BCUT2D eigenvalue weighted by Gasteiger charge is 2.16. The van der Waals surface area contributed by atoms with E-state index in [0.717, 1.165) is 42.3 Å². The summed E-state index contributed by atoms with van der Waals surface area (Å²) in [6.45, 7) is 7.67. The van der Waals surface area contributed by atoms with Gasteiger partial charge >= 0.3 is 0 Å². The van der Waals surface area contributed by atoms with Crippen molar-refractivity contribution in [3.05, 3.63) is 35.4 Å². The highest BCUT2D eigenvalue weighted by molar-refractivity contribution is 7.98. The molecule has 0 radical (unpaired) electrons. The lowest BCUT2D eigenvalue weighted by Crippen LogP contribution is -2.23. The first kappa shape index (κ1) is 20.9. The average Bonchev–Trinajstić information content (AvgIpc) is 2.48. The topological polar surface area (TPSA) is 40.5 Å². The first-order chi connectivity index (χ1) is 10.7. The zero-order chi connectivity index (χ0) is 17.3. The van der Waals surface area contributed by atoms with Gasteiger partial charge in [-0.3, -0.25) is 0 Å². The van der Waals surface area contributed by atoms with Gasteiger partial charge in [0.05, 0.1) is 11.2 Å². The number of thioether (sulfide) groups is 2. The molecule has 0 aliphatic carbocycles. The lowest BCUT2D eigenvalue weighted by atomic mass is 10.0. The minimum Gasteiger partial charge on any atom is -0.390 e. The van der Waals surface area contributed by atoms with E-state index in [1.807, 2.05) is 51.2 Å². The van der Waals surface area contributed by atoms with Gasteiger partial charge in [0.2, 0.25) is 0 Å². The summed E-state index contributed by atoms with van der Waals surface area (Å²) in [4.78, 5) is 0. The Labute approximate surface area is 150 Å². The number of hydrogen-bond donors (Lipinski definition) is 2. The van der Waals surface area contributed by atoms with E-state index in [1.54, 1.807) is 0 Å². The van der Waals surface area contributed by atoms with Gasteiger partial charge in [-0.05, 0) is 62.7 Å². The molecule has 1 atom stereocenters. The summed E-state index contributed by atoms with van der Waals surface area (Å²) in [5.74, 6) is 3.99. The molecule has 1 aromatic carbocycles. The molecular formula is C19H32O2S2. The van der Waals surface area contributed by atoms with Crippen LogP contribution in [0.4, 0.5) is 0 Å². The Hall–Kier alpha value is -0.160. The molecule has 1 aromatic rings. The van der Waals surface area contributed by atoms with Crippen LogP contribution in [0.1, 0.15) is 58.1 Å². The molecule has 0 aliphatic heterocycles. The molecule has 0 heterocycles. The number of aliphatic hydroxyl groups is 2. The Morgan fingerprint density at radius 2 is 1.26 bits per heavy atom. The summed E-state index contributed by atoms with van der Waals surface area (Å²) in [5.41, 5.74) is 1.61. The van der Waals surface area contributed by atoms with E-state index in [2.05, 4.69) is 24.3 Å². The van der Waals surface area contributed by atoms with Gasteiger partial charge in [-0.25, -0.2) is 0 Å². The first-order valence-electron chi connectivity index (χ1n) is 8.40. The lowest BCUT2D eigenvalue weighted by Gasteiger charge is -2.20. The molecule has 4 heteroatoms. The molecule has 23 heavy (non-hydrogen) atoms. The van der Waals surface area contributed by atoms with Crippen LogP contribution < -0.4 is 0 Å². The highest BCUT2D eigenvalue weighted by atomic mass is 32.2. The fraction of sp³-hybridized carbons (Fsp3) is 0.684. The van der Waals surface area contributed by atoms with Crippen LogP contribution in [-0.4, -0.2) is 32.9 Å². The molecule has 132 valence electrons. The summed E-state index contributed by atoms with van der Waals surface area (Å²) in [6.07, 6.45) is 2.49. The number of hydrogen-bond acceptors (Lipinski definition) is 4. The van der Waals surface area contributed by atoms with Crippen molar-refractivity contribution in [3.8, 4) is 0 Å². The van der Waals surface area contributed by atoms with Crippen LogP contribution in [0.5, 0.6) is 0 Å². The second kappa shape index (κ2) is 9.97. The lowest BCUT2D eigenvalue weighted by molar-refractivity contribution is 0.0533. The van der Waals surface area contributed by atoms with E-state index >= 15 is 0 Å². The van der Waals surface area contributed by atoms with Crippen molar-refractivity contribution in [2.75, 3.05) is 11.5 Å². The third-order valence-electron chi connectivity index (χ3n) is 3.97. The van der Waals surface area contributed by atoms with E-state index in [0.29, 0.717) is 0 Å². The van der Waals surface area contributed by atoms with Gasteiger partial charge in [0, 0.05) is 11.5 Å². The Kier molecular flexibility index (Phi) is 9.06. The summed E-state index contributed by atoms with van der Waals surface area (Å²) in [7, 11) is 0. The SMILES string of the molecule is CCC(C)(O)CCSCc1ccc(CSCCC(C)(C)O)cc1. The largest absolute Gasteiger partial charge is 0.390 e. The number of rotatable bonds is 11. The highest BCUT2D eigenvalue weighted by Crippen LogP contribution is 2.21. The van der Waals surface area contributed by atoms with E-state index in [9.17, 15) is 10.2 Å². The van der Waals surface area contributed by atoms with E-state index in [4.69, 9.17) is 0 Å². The second-order valence-corrected chi connectivity index (χ2v) is 9.29. The third kappa shape index (κ3) is 10.3. The standard InChI is InChI=1S/C19H32O2S2/c1-5-19(4,21)11-13-23-15-17-8-6-16(7-9-17)14-22-12-10-18(2,3)20/h6-9,20-21H,5,10-15H2,1-4H3. The van der Waals surface area contributed by atoms with Gasteiger partial charge < -0.3 is 10.2 Å². The maximum absolute atomic E-state index is 9.98. The van der Waals surface area contributed by atoms with Crippen molar-refractivity contribution in [1.29, 1.82) is 0 Å². The molecule has 0 bridgehead atoms. The fourth-order valence-corrected chi connectivity index (χ4v) is 4.28. The van der Waals surface area contributed by atoms with E-state index in [1.165, 1.54) is 11.1 Å². The van der Waals surface area contributed by atoms with Crippen LogP contribution in [0.3, 0.4) is 0 Å². The quantitative estimate of drug-likeness (QED) is 0.555. The molecule has 0 spiro atoms. The van der Waals surface area contributed by atoms with Gasteiger partial charge in [0.15, 0.2) is 0 Å². The van der Waals surface area contributed by atoms with Gasteiger partial charge in [-0.1, -0.05) is 31.2 Å². The van der Waals surface area contributed by atoms with Gasteiger partial charge in [-0.15, -0.1) is 0 Å². The average molecular weight is 357 g/mol. The minimum absolute atomic E-state index is 0.517. The summed E-state index contributed by atoms with van der Waals surface area (Å²) >= 11 is 3.76. The Bertz CT molecular complexity index is 436. The third-order valence-corrected chi connectivity index (χ3v) is 6.03. The zero-order valence-corrected chi connectivity index (χ0v) is 16.6. The summed E-state index contributed by atoms with van der Waals surface area (Å²) < 4.78 is 0. The van der Waals surface area contributed by atoms with Gasteiger partial charge in [0.1, 0.15) is 0 Å². The predicted octanol–water partition coefficient (Wildman–Crippen LogP) is 4.87. The smallest absolute Gasteiger partial charge is 0.0625 e. The van der Waals surface area contributed by atoms with Crippen LogP contribution in [-0.2, 0) is 11.5 Å². The summed E-state index contributed by atoms with van der Waals surface area (Å²) in [6, 6.07) is 8.82. The molecule has 1 unspecified atom stereocenters. The van der Waals surface area contributed by atoms with Crippen molar-refractivity contribution < 1.29 is 10.2 Å². The maximum atomic E-state index is 9.98. The van der Waals surface area contributed by atoms with Crippen LogP contribution in [0.25, 0.3) is 0 Å². The van der Waals surface area contributed by atoms with Crippen LogP contribution >= 0.6 is 23.5 Å². The molecule has 2 nitrogen and oxygen atoms in total. The molecule has 0 saturated heterocycles. The van der Waals surface area contributed by atoms with Crippen molar-refractivity contribution in [3.63, 3.8) is 0 Å². The first-order valence-corrected chi connectivity index (χ1v) is 10.7. The number of benzene rings is 1. The molecule has 0 fully saturated rings. The van der Waals surface area contributed by atoms with Crippen LogP contribution in [0.2, 0.25) is 0 Å². The van der Waals surface area contributed by atoms with E-state index in [-0.39, 0.29) is 0 Å². The van der Waals surface area contributed by atoms with Gasteiger partial charge in [-0.2, -0.15) is 23.5 Å². The van der Waals surface area contributed by atoms with Gasteiger partial charge in [0.25, 0.3) is 0 Å². The van der Waals surface area contributed by atoms with E-state index < -0.39 is 11.2 Å². The van der Waals surface area contributed by atoms with Crippen molar-refractivity contribution in [1.82, 2.24) is 0 Å². The molecule has 2 N–H and O–H groups in total. The summed E-state index contributed by atoms with van der Waals surface area (Å²) in [5, 5.41) is 19.7. The van der Waals surface area contributed by atoms with Crippen molar-refractivity contribution >= 4 is 23.5 Å². The Balaban J connectivity index is 2.23. The molecule has 0 aromatic heterocycles. The molecular weight excluding hydrogens is 324 g/mol. The van der Waals surface area contributed by atoms with Crippen LogP contribution in [0, 0.1) is 0 Å². The zero-order valence-electron chi connectivity index (χ0n) is 15.0. The Morgan fingerprint density at radius 3 is 1.65 bits per heavy atom. The maximum Gasteiger partial charge on any atom is 0.0625 e. The molecule has 0 aliphatic rings. The fourth-order valence-electron chi connectivity index (χ4n) is 1.90. The van der Waals surface area contributed by atoms with Crippen LogP contribution in [0.15, 0.2) is 24.3 Å². The second-order valence-electron chi connectivity index (χ2n) is 7.08. The monoisotopic (exact) mass is 356 g/mol. The molecule has 0 saturated carbocycles. The Morgan fingerprint density at radius 1 is 0.826 bits per heavy atom. The minimum atomic E-state index is -0.559. The van der Waals surface area contributed by atoms with Crippen molar-refractivity contribution in [2.24, 2.45) is 0 Å². The molecule has 1 rings (SSSR count). The van der Waals surface area contributed by atoms with Crippen molar-refractivity contribution in [2.45, 2.75) is 69.7 Å². The predicted molar refractivity (Wildman–Crippen MR) is 105 cm³/mol. The normalized spacial score (nSPS) is 14.7.